The maximum absolute atomic E-state index is 13.3. The molecule has 164 valence electrons. The van der Waals surface area contributed by atoms with E-state index in [1.54, 1.807) is 12.5 Å². The highest BCUT2D eigenvalue weighted by molar-refractivity contribution is 7.93. The molecule has 3 aromatic heterocycles. The number of aromatic nitrogens is 4. The number of benzene rings is 1. The van der Waals surface area contributed by atoms with E-state index in [9.17, 15) is 4.21 Å². The van der Waals surface area contributed by atoms with Crippen molar-refractivity contribution in [2.24, 2.45) is 10.3 Å². The molecule has 0 aliphatic heterocycles. The van der Waals surface area contributed by atoms with Crippen LogP contribution in [0.4, 0.5) is 0 Å². The molecular weight excluding hydrogens is 420 g/mol. The number of hydrogen-bond donors (Lipinski definition) is 1. The summed E-state index contributed by atoms with van der Waals surface area (Å²) >= 11 is 0. The van der Waals surface area contributed by atoms with Gasteiger partial charge in [0, 0.05) is 35.2 Å². The Bertz CT molecular complexity index is 1410. The molecule has 1 aromatic carbocycles. The Balaban J connectivity index is 1.58. The van der Waals surface area contributed by atoms with Gasteiger partial charge in [0.2, 0.25) is 0 Å². The summed E-state index contributed by atoms with van der Waals surface area (Å²) in [5, 5.41) is 10.1. The van der Waals surface area contributed by atoms with E-state index in [-0.39, 0.29) is 12.6 Å². The second-order valence-electron chi connectivity index (χ2n) is 8.57. The molecule has 0 spiro atoms. The van der Waals surface area contributed by atoms with Crippen molar-refractivity contribution in [3.05, 3.63) is 54.6 Å². The number of H-pyrrole nitrogens is 1. The van der Waals surface area contributed by atoms with Crippen LogP contribution < -0.4 is 0 Å². The summed E-state index contributed by atoms with van der Waals surface area (Å²) in [7, 11) is -2.53. The van der Waals surface area contributed by atoms with Crippen LogP contribution in [0.3, 0.4) is 0 Å². The molecule has 0 saturated heterocycles. The number of rotatable bonds is 5. The van der Waals surface area contributed by atoms with Crippen molar-refractivity contribution in [2.45, 2.75) is 49.6 Å². The number of imidazole rings is 1. The number of fused-ring (bicyclic) bond motifs is 3. The third kappa shape index (κ3) is 3.78. The molecule has 0 bridgehead atoms. The minimum absolute atomic E-state index is 0.281. The molecule has 1 aliphatic rings. The molecule has 5 rings (SSSR count). The third-order valence-electron chi connectivity index (χ3n) is 6.50. The summed E-state index contributed by atoms with van der Waals surface area (Å²) < 4.78 is 20.2. The van der Waals surface area contributed by atoms with Crippen LogP contribution in [0.1, 0.15) is 44.0 Å². The van der Waals surface area contributed by atoms with Crippen LogP contribution in [-0.4, -0.2) is 30.0 Å². The Morgan fingerprint density at radius 1 is 1.22 bits per heavy atom. The molecule has 4 aromatic rings. The van der Waals surface area contributed by atoms with Crippen LogP contribution in [0.5, 0.6) is 0 Å². The molecule has 8 heteroatoms. The molecule has 1 N–H and O–H groups in total. The maximum Gasteiger partial charge on any atom is 0.139 e. The van der Waals surface area contributed by atoms with E-state index in [1.165, 1.54) is 0 Å². The smallest absolute Gasteiger partial charge is 0.139 e. The van der Waals surface area contributed by atoms with Crippen LogP contribution in [0.25, 0.3) is 22.1 Å². The summed E-state index contributed by atoms with van der Waals surface area (Å²) in [6.07, 6.45) is 10.1. The van der Waals surface area contributed by atoms with Gasteiger partial charge in [-0.25, -0.2) is 18.5 Å². The summed E-state index contributed by atoms with van der Waals surface area (Å²) in [6.45, 7) is 0.281. The lowest BCUT2D eigenvalue weighted by Crippen LogP contribution is -2.20. The highest BCUT2D eigenvalue weighted by atomic mass is 32.2. The number of hydrogen-bond acceptors (Lipinski definition) is 5. The van der Waals surface area contributed by atoms with Crippen molar-refractivity contribution >= 4 is 31.8 Å². The quantitative estimate of drug-likeness (QED) is 0.454. The van der Waals surface area contributed by atoms with Crippen LogP contribution in [0.15, 0.2) is 58.1 Å². The lowest BCUT2D eigenvalue weighted by atomic mass is 9.84. The van der Waals surface area contributed by atoms with E-state index in [2.05, 4.69) is 25.0 Å². The van der Waals surface area contributed by atoms with E-state index in [1.807, 2.05) is 42.6 Å². The molecule has 1 saturated carbocycles. The average Bonchev–Trinajstić information content (AvgIpc) is 3.43. The number of nitrogens with one attached hydrogen (secondary N) is 1. The second-order valence-corrected chi connectivity index (χ2v) is 10.9. The van der Waals surface area contributed by atoms with Crippen LogP contribution in [-0.2, 0) is 16.3 Å². The lowest BCUT2D eigenvalue weighted by Gasteiger charge is -2.29. The van der Waals surface area contributed by atoms with Crippen LogP contribution in [0, 0.1) is 17.2 Å². The van der Waals surface area contributed by atoms with Gasteiger partial charge in [0.05, 0.1) is 27.5 Å². The van der Waals surface area contributed by atoms with Gasteiger partial charge in [0.1, 0.15) is 23.5 Å². The molecule has 0 amide bonds. The zero-order chi connectivity index (χ0) is 22.1. The first-order valence-corrected chi connectivity index (χ1v) is 12.9. The summed E-state index contributed by atoms with van der Waals surface area (Å²) in [6, 6.07) is 14.0. The van der Waals surface area contributed by atoms with E-state index in [0.29, 0.717) is 12.3 Å². The average molecular weight is 447 g/mol. The van der Waals surface area contributed by atoms with Crippen molar-refractivity contribution in [1.82, 2.24) is 19.5 Å². The van der Waals surface area contributed by atoms with Gasteiger partial charge in [-0.3, -0.25) is 0 Å². The van der Waals surface area contributed by atoms with Crippen LogP contribution in [0.2, 0.25) is 0 Å². The highest BCUT2D eigenvalue weighted by Crippen LogP contribution is 2.38. The summed E-state index contributed by atoms with van der Waals surface area (Å²) in [5.74, 6) is 1.30. The number of aromatic amines is 1. The van der Waals surface area contributed by atoms with Gasteiger partial charge < -0.3 is 9.55 Å². The van der Waals surface area contributed by atoms with Gasteiger partial charge in [-0.05, 0) is 49.8 Å². The predicted molar refractivity (Wildman–Crippen MR) is 126 cm³/mol. The first-order chi connectivity index (χ1) is 15.6. The van der Waals surface area contributed by atoms with Crippen LogP contribution >= 0.6 is 0 Å². The SMILES string of the molecule is C[S@](=O)(=NCc1nc2cnc3[nH]ccc3c2n1C1CCC(CC#N)CC1)c1ccccc1. The number of nitriles is 1. The minimum Gasteiger partial charge on any atom is -0.346 e. The topological polar surface area (TPSA) is 99.7 Å². The molecule has 0 unspecified atom stereocenters. The fourth-order valence-electron chi connectivity index (χ4n) is 4.81. The van der Waals surface area contributed by atoms with Gasteiger partial charge in [-0.2, -0.15) is 5.26 Å². The van der Waals surface area contributed by atoms with E-state index < -0.39 is 9.73 Å². The van der Waals surface area contributed by atoms with Gasteiger partial charge in [0.15, 0.2) is 0 Å². The molecule has 3 heterocycles. The van der Waals surface area contributed by atoms with Gasteiger partial charge in [-0.15, -0.1) is 0 Å². The van der Waals surface area contributed by atoms with Crippen molar-refractivity contribution in [3.8, 4) is 6.07 Å². The molecule has 7 nitrogen and oxygen atoms in total. The predicted octanol–water partition coefficient (Wildman–Crippen LogP) is 5.21. The number of pyridine rings is 1. The van der Waals surface area contributed by atoms with Gasteiger partial charge in [-0.1, -0.05) is 18.2 Å². The zero-order valence-electron chi connectivity index (χ0n) is 18.1. The van der Waals surface area contributed by atoms with Crippen molar-refractivity contribution in [1.29, 1.82) is 5.26 Å². The fourth-order valence-corrected chi connectivity index (χ4v) is 5.98. The van der Waals surface area contributed by atoms with Gasteiger partial charge in [0.25, 0.3) is 0 Å². The van der Waals surface area contributed by atoms with Crippen molar-refractivity contribution in [2.75, 3.05) is 6.26 Å². The van der Waals surface area contributed by atoms with E-state index in [0.717, 1.165) is 58.5 Å². The first-order valence-electron chi connectivity index (χ1n) is 11.0. The van der Waals surface area contributed by atoms with Crippen molar-refractivity contribution in [3.63, 3.8) is 0 Å². The zero-order valence-corrected chi connectivity index (χ0v) is 18.9. The van der Waals surface area contributed by atoms with Gasteiger partial charge >= 0.3 is 0 Å². The van der Waals surface area contributed by atoms with Crippen molar-refractivity contribution < 1.29 is 4.21 Å². The Morgan fingerprint density at radius 3 is 2.75 bits per heavy atom. The monoisotopic (exact) mass is 446 g/mol. The Morgan fingerprint density at radius 2 is 2.00 bits per heavy atom. The number of nitrogens with zero attached hydrogens (tertiary/aromatic N) is 5. The second kappa shape index (κ2) is 8.40. The van der Waals surface area contributed by atoms with E-state index >= 15 is 0 Å². The molecule has 32 heavy (non-hydrogen) atoms. The highest BCUT2D eigenvalue weighted by Gasteiger charge is 2.27. The molecule has 1 atom stereocenters. The first kappa shape index (κ1) is 20.7. The molecule has 1 aliphatic carbocycles. The third-order valence-corrected chi connectivity index (χ3v) is 8.27. The fraction of sp³-hybridized carbons (Fsp3) is 0.375. The molecule has 1 fully saturated rings. The lowest BCUT2D eigenvalue weighted by molar-refractivity contribution is 0.278. The van der Waals surface area contributed by atoms with E-state index in [4.69, 9.17) is 10.2 Å². The maximum atomic E-state index is 13.3. The summed E-state index contributed by atoms with van der Waals surface area (Å²) in [5.41, 5.74) is 2.74. The Hall–Kier alpha value is -3.18. The Kier molecular flexibility index (Phi) is 5.43. The normalized spacial score (nSPS) is 20.8. The minimum atomic E-state index is -2.53. The standard InChI is InChI=1S/C24H26N6OS/c1-32(31,19-5-3-2-4-6-19)28-16-22-29-21-15-27-24-20(12-14-26-24)23(21)30(22)18-9-7-17(8-10-18)11-13-25/h2-6,12,14-15,17-18H,7-11,16H2,1H3,(H,26,27)/t17?,18?,32-/m1/s1. The summed E-state index contributed by atoms with van der Waals surface area (Å²) in [4.78, 5) is 13.3. The largest absolute Gasteiger partial charge is 0.346 e. The molecular formula is C24H26N6OS. The molecule has 0 radical (unpaired) electrons. The Labute approximate surface area is 187 Å².